The molecule has 6 heteroatoms. The molecule has 0 saturated heterocycles. The molecule has 0 fully saturated rings. The molecule has 0 saturated carbocycles. The first-order chi connectivity index (χ1) is 13.2. The standard InChI is InChI=1S/C21H22N2O4/c1-25-19-9-8-14(10-20(19)26-2)12-22-18(21(24)27-3)11-15-13-23-17-7-5-4-6-16(15)17/h4-10,12-13,18,23H,11H2,1-3H3/t18-/m1/s1. The van der Waals surface area contributed by atoms with Crippen molar-refractivity contribution < 1.29 is 19.0 Å². The predicted octanol–water partition coefficient (Wildman–Crippen LogP) is 3.39. The third-order valence-electron chi connectivity index (χ3n) is 4.37. The Bertz CT molecular complexity index is 962. The molecule has 0 aliphatic rings. The van der Waals surface area contributed by atoms with E-state index in [4.69, 9.17) is 14.2 Å². The molecule has 27 heavy (non-hydrogen) atoms. The van der Waals surface area contributed by atoms with Gasteiger partial charge >= 0.3 is 5.97 Å². The summed E-state index contributed by atoms with van der Waals surface area (Å²) in [6.45, 7) is 0. The lowest BCUT2D eigenvalue weighted by Gasteiger charge is -2.10. The number of fused-ring (bicyclic) bond motifs is 1. The van der Waals surface area contributed by atoms with Crippen LogP contribution in [0.3, 0.4) is 0 Å². The molecule has 0 radical (unpaired) electrons. The van der Waals surface area contributed by atoms with Gasteiger partial charge in [-0.1, -0.05) is 18.2 Å². The number of carbonyl (C=O) groups is 1. The number of hydrogen-bond acceptors (Lipinski definition) is 5. The van der Waals surface area contributed by atoms with Crippen molar-refractivity contribution in [1.29, 1.82) is 0 Å². The molecule has 0 unspecified atom stereocenters. The molecular weight excluding hydrogens is 344 g/mol. The van der Waals surface area contributed by atoms with Crippen LogP contribution in [0.25, 0.3) is 10.9 Å². The van der Waals surface area contributed by atoms with Crippen molar-refractivity contribution in [1.82, 2.24) is 4.98 Å². The van der Waals surface area contributed by atoms with Crippen LogP contribution in [0, 0.1) is 0 Å². The largest absolute Gasteiger partial charge is 0.493 e. The van der Waals surface area contributed by atoms with Crippen LogP contribution in [0.4, 0.5) is 0 Å². The zero-order valence-corrected chi connectivity index (χ0v) is 15.6. The van der Waals surface area contributed by atoms with Crippen LogP contribution in [0.15, 0.2) is 53.7 Å². The molecule has 0 aliphatic heterocycles. The number of carbonyl (C=O) groups excluding carboxylic acids is 1. The van der Waals surface area contributed by atoms with Crippen LogP contribution >= 0.6 is 0 Å². The smallest absolute Gasteiger partial charge is 0.330 e. The molecule has 3 rings (SSSR count). The number of aromatic nitrogens is 1. The highest BCUT2D eigenvalue weighted by molar-refractivity contribution is 5.87. The van der Waals surface area contributed by atoms with E-state index in [1.165, 1.54) is 7.11 Å². The van der Waals surface area contributed by atoms with Gasteiger partial charge in [-0.2, -0.15) is 0 Å². The first-order valence-corrected chi connectivity index (χ1v) is 8.54. The number of methoxy groups -OCH3 is 3. The first kappa shape index (κ1) is 18.5. The molecule has 0 bridgehead atoms. The van der Waals surface area contributed by atoms with Gasteiger partial charge in [-0.25, -0.2) is 4.79 Å². The monoisotopic (exact) mass is 366 g/mol. The van der Waals surface area contributed by atoms with Crippen LogP contribution in [0.2, 0.25) is 0 Å². The predicted molar refractivity (Wildman–Crippen MR) is 105 cm³/mol. The lowest BCUT2D eigenvalue weighted by atomic mass is 10.1. The molecule has 140 valence electrons. The number of nitrogens with one attached hydrogen (secondary N) is 1. The summed E-state index contributed by atoms with van der Waals surface area (Å²) in [6, 6.07) is 12.8. The van der Waals surface area contributed by atoms with Gasteiger partial charge in [0.15, 0.2) is 17.5 Å². The van der Waals surface area contributed by atoms with E-state index >= 15 is 0 Å². The van der Waals surface area contributed by atoms with Gasteiger partial charge in [0, 0.05) is 29.7 Å². The second kappa shape index (κ2) is 8.40. The van der Waals surface area contributed by atoms with Crippen molar-refractivity contribution in [3.8, 4) is 11.5 Å². The second-order valence-corrected chi connectivity index (χ2v) is 6.00. The van der Waals surface area contributed by atoms with E-state index in [0.717, 1.165) is 22.0 Å². The van der Waals surface area contributed by atoms with E-state index in [2.05, 4.69) is 9.98 Å². The van der Waals surface area contributed by atoms with Crippen molar-refractivity contribution in [2.75, 3.05) is 21.3 Å². The Kier molecular flexibility index (Phi) is 5.76. The third-order valence-corrected chi connectivity index (χ3v) is 4.37. The minimum absolute atomic E-state index is 0.378. The highest BCUT2D eigenvalue weighted by Crippen LogP contribution is 2.27. The summed E-state index contributed by atoms with van der Waals surface area (Å²) in [5, 5.41) is 1.08. The molecule has 1 atom stereocenters. The zero-order valence-electron chi connectivity index (χ0n) is 15.6. The molecule has 1 aromatic heterocycles. The fourth-order valence-electron chi connectivity index (χ4n) is 2.95. The van der Waals surface area contributed by atoms with E-state index < -0.39 is 6.04 Å². The molecule has 0 spiro atoms. The number of H-pyrrole nitrogens is 1. The summed E-state index contributed by atoms with van der Waals surface area (Å²) in [6.07, 6.45) is 4.01. The third kappa shape index (κ3) is 4.11. The molecule has 1 N–H and O–H groups in total. The van der Waals surface area contributed by atoms with Crippen LogP contribution in [-0.4, -0.2) is 44.5 Å². The molecule has 0 amide bonds. The lowest BCUT2D eigenvalue weighted by molar-refractivity contribution is -0.142. The maximum atomic E-state index is 12.2. The number of rotatable bonds is 7. The normalized spacial score (nSPS) is 12.3. The first-order valence-electron chi connectivity index (χ1n) is 8.54. The van der Waals surface area contributed by atoms with Gasteiger partial charge in [-0.15, -0.1) is 0 Å². The highest BCUT2D eigenvalue weighted by Gasteiger charge is 2.20. The Hall–Kier alpha value is -3.28. The van der Waals surface area contributed by atoms with Gasteiger partial charge in [-0.05, 0) is 35.4 Å². The molecule has 6 nitrogen and oxygen atoms in total. The second-order valence-electron chi connectivity index (χ2n) is 6.00. The number of aromatic amines is 1. The number of para-hydroxylation sites is 1. The molecule has 0 aliphatic carbocycles. The summed E-state index contributed by atoms with van der Waals surface area (Å²) in [5.74, 6) is 0.864. The summed E-state index contributed by atoms with van der Waals surface area (Å²) in [7, 11) is 4.53. The van der Waals surface area contributed by atoms with E-state index in [1.54, 1.807) is 26.5 Å². The minimum Gasteiger partial charge on any atom is -0.493 e. The van der Waals surface area contributed by atoms with Crippen molar-refractivity contribution >= 4 is 23.1 Å². The van der Waals surface area contributed by atoms with Gasteiger partial charge in [0.05, 0.1) is 21.3 Å². The zero-order chi connectivity index (χ0) is 19.2. The van der Waals surface area contributed by atoms with Gasteiger partial charge < -0.3 is 19.2 Å². The summed E-state index contributed by atoms with van der Waals surface area (Å²) in [5.41, 5.74) is 2.85. The van der Waals surface area contributed by atoms with E-state index in [1.807, 2.05) is 42.6 Å². The van der Waals surface area contributed by atoms with Gasteiger partial charge in [0.1, 0.15) is 0 Å². The van der Waals surface area contributed by atoms with Gasteiger partial charge in [-0.3, -0.25) is 4.99 Å². The van der Waals surface area contributed by atoms with Crippen molar-refractivity contribution in [2.24, 2.45) is 4.99 Å². The van der Waals surface area contributed by atoms with E-state index in [-0.39, 0.29) is 5.97 Å². The van der Waals surface area contributed by atoms with Crippen LogP contribution in [-0.2, 0) is 16.0 Å². The number of hydrogen-bond donors (Lipinski definition) is 1. The van der Waals surface area contributed by atoms with Crippen molar-refractivity contribution in [3.63, 3.8) is 0 Å². The SMILES string of the molecule is COC(=O)[C@@H](Cc1c[nH]c2ccccc12)N=Cc1ccc(OC)c(OC)c1. The number of ether oxygens (including phenoxy) is 3. The number of benzene rings is 2. The maximum absolute atomic E-state index is 12.2. The quantitative estimate of drug-likeness (QED) is 0.514. The summed E-state index contributed by atoms with van der Waals surface area (Å²) in [4.78, 5) is 19.9. The van der Waals surface area contributed by atoms with Crippen molar-refractivity contribution in [2.45, 2.75) is 12.5 Å². The topological polar surface area (TPSA) is 72.9 Å². The van der Waals surface area contributed by atoms with Crippen LogP contribution in [0.1, 0.15) is 11.1 Å². The average molecular weight is 366 g/mol. The van der Waals surface area contributed by atoms with Crippen LogP contribution < -0.4 is 9.47 Å². The van der Waals surface area contributed by atoms with Crippen LogP contribution in [0.5, 0.6) is 11.5 Å². The van der Waals surface area contributed by atoms with Gasteiger partial charge in [0.2, 0.25) is 0 Å². The lowest BCUT2D eigenvalue weighted by Crippen LogP contribution is -2.23. The van der Waals surface area contributed by atoms with E-state index in [0.29, 0.717) is 17.9 Å². The average Bonchev–Trinajstić information content (AvgIpc) is 3.13. The van der Waals surface area contributed by atoms with E-state index in [9.17, 15) is 4.79 Å². The molecule has 2 aromatic carbocycles. The Morgan fingerprint density at radius 2 is 1.89 bits per heavy atom. The van der Waals surface area contributed by atoms with Crippen molar-refractivity contribution in [3.05, 3.63) is 59.8 Å². The molecule has 3 aromatic rings. The number of aliphatic imine (C=N–C) groups is 1. The fraction of sp³-hybridized carbons (Fsp3) is 0.238. The highest BCUT2D eigenvalue weighted by atomic mass is 16.5. The van der Waals surface area contributed by atoms with Gasteiger partial charge in [0.25, 0.3) is 0 Å². The fourth-order valence-corrected chi connectivity index (χ4v) is 2.95. The molecular formula is C21H22N2O4. The summed E-state index contributed by atoms with van der Waals surface area (Å²) >= 11 is 0. The summed E-state index contributed by atoms with van der Waals surface area (Å²) < 4.78 is 15.5. The molecule has 1 heterocycles. The Morgan fingerprint density at radius 3 is 2.63 bits per heavy atom. The minimum atomic E-state index is -0.637. The Morgan fingerprint density at radius 1 is 1.11 bits per heavy atom. The maximum Gasteiger partial charge on any atom is 0.330 e. The number of nitrogens with zero attached hydrogens (tertiary/aromatic N) is 1. The Balaban J connectivity index is 1.85. The number of esters is 1. The Labute approximate surface area is 157 Å².